The standard InChI is InChI=1S/C13H19FO/c1-12(2,3)13(4,15)9-10-5-7-11(14)8-6-10/h5-8,15H,9H2,1-4H3. The van der Waals surface area contributed by atoms with E-state index in [1.807, 2.05) is 27.7 Å². The Bertz CT molecular complexity index is 319. The van der Waals surface area contributed by atoms with Gasteiger partial charge < -0.3 is 5.11 Å². The van der Waals surface area contributed by atoms with Gasteiger partial charge in [0.2, 0.25) is 0 Å². The maximum Gasteiger partial charge on any atom is 0.123 e. The van der Waals surface area contributed by atoms with Crippen molar-refractivity contribution in [3.63, 3.8) is 0 Å². The number of rotatable bonds is 2. The Morgan fingerprint density at radius 2 is 1.53 bits per heavy atom. The van der Waals surface area contributed by atoms with Crippen molar-refractivity contribution in [2.45, 2.75) is 39.7 Å². The molecular weight excluding hydrogens is 191 g/mol. The highest BCUT2D eigenvalue weighted by atomic mass is 19.1. The smallest absolute Gasteiger partial charge is 0.123 e. The van der Waals surface area contributed by atoms with E-state index in [2.05, 4.69) is 0 Å². The zero-order chi connectivity index (χ0) is 11.7. The van der Waals surface area contributed by atoms with E-state index < -0.39 is 5.60 Å². The molecular formula is C13H19FO. The zero-order valence-electron chi connectivity index (χ0n) is 9.84. The van der Waals surface area contributed by atoms with Crippen LogP contribution in [0.25, 0.3) is 0 Å². The molecule has 0 aliphatic rings. The first kappa shape index (κ1) is 12.2. The number of hydrogen-bond acceptors (Lipinski definition) is 1. The van der Waals surface area contributed by atoms with Gasteiger partial charge in [-0.2, -0.15) is 0 Å². The van der Waals surface area contributed by atoms with Gasteiger partial charge in [-0.15, -0.1) is 0 Å². The lowest BCUT2D eigenvalue weighted by molar-refractivity contribution is -0.0405. The van der Waals surface area contributed by atoms with Gasteiger partial charge >= 0.3 is 0 Å². The summed E-state index contributed by atoms with van der Waals surface area (Å²) in [5.74, 6) is -0.242. The Morgan fingerprint density at radius 3 is 1.93 bits per heavy atom. The van der Waals surface area contributed by atoms with E-state index >= 15 is 0 Å². The number of halogens is 1. The van der Waals surface area contributed by atoms with Crippen molar-refractivity contribution in [1.82, 2.24) is 0 Å². The molecule has 0 spiro atoms. The molecule has 0 bridgehead atoms. The fraction of sp³-hybridized carbons (Fsp3) is 0.538. The van der Waals surface area contributed by atoms with Gasteiger partial charge in [0.15, 0.2) is 0 Å². The van der Waals surface area contributed by atoms with Crippen molar-refractivity contribution in [3.05, 3.63) is 35.6 Å². The molecule has 15 heavy (non-hydrogen) atoms. The summed E-state index contributed by atoms with van der Waals surface area (Å²) in [5.41, 5.74) is -0.0250. The molecule has 0 aliphatic carbocycles. The summed E-state index contributed by atoms with van der Waals surface area (Å²) >= 11 is 0. The van der Waals surface area contributed by atoms with E-state index in [1.54, 1.807) is 12.1 Å². The maximum absolute atomic E-state index is 12.7. The van der Waals surface area contributed by atoms with Crippen LogP contribution in [-0.4, -0.2) is 10.7 Å². The summed E-state index contributed by atoms with van der Waals surface area (Å²) in [6, 6.07) is 6.28. The van der Waals surface area contributed by atoms with Crippen LogP contribution in [0.4, 0.5) is 4.39 Å². The minimum atomic E-state index is -0.787. The predicted octanol–water partition coefficient (Wildman–Crippen LogP) is 3.17. The lowest BCUT2D eigenvalue weighted by Gasteiger charge is -2.37. The summed E-state index contributed by atoms with van der Waals surface area (Å²) in [7, 11) is 0. The maximum atomic E-state index is 12.7. The largest absolute Gasteiger partial charge is 0.389 e. The second kappa shape index (κ2) is 3.93. The Morgan fingerprint density at radius 1 is 1.07 bits per heavy atom. The second-order valence-corrected chi connectivity index (χ2v) is 5.33. The van der Waals surface area contributed by atoms with Crippen LogP contribution in [0.5, 0.6) is 0 Å². The average molecular weight is 210 g/mol. The highest BCUT2D eigenvalue weighted by molar-refractivity contribution is 5.18. The molecule has 1 unspecified atom stereocenters. The van der Waals surface area contributed by atoms with E-state index in [0.29, 0.717) is 6.42 Å². The van der Waals surface area contributed by atoms with Crippen molar-refractivity contribution < 1.29 is 9.50 Å². The van der Waals surface area contributed by atoms with Crippen LogP contribution in [0.1, 0.15) is 33.3 Å². The quantitative estimate of drug-likeness (QED) is 0.795. The third-order valence-corrected chi connectivity index (χ3v) is 3.08. The monoisotopic (exact) mass is 210 g/mol. The van der Waals surface area contributed by atoms with Crippen LogP contribution in [0.15, 0.2) is 24.3 Å². The summed E-state index contributed by atoms with van der Waals surface area (Å²) in [4.78, 5) is 0. The molecule has 1 nitrogen and oxygen atoms in total. The Balaban J connectivity index is 2.82. The van der Waals surface area contributed by atoms with Crippen LogP contribution >= 0.6 is 0 Å². The first-order valence-electron chi connectivity index (χ1n) is 5.19. The second-order valence-electron chi connectivity index (χ2n) is 5.33. The van der Waals surface area contributed by atoms with Gasteiger partial charge in [0, 0.05) is 6.42 Å². The van der Waals surface area contributed by atoms with Crippen molar-refractivity contribution >= 4 is 0 Å². The minimum absolute atomic E-state index is 0.193. The summed E-state index contributed by atoms with van der Waals surface area (Å²) in [6.07, 6.45) is 0.538. The van der Waals surface area contributed by atoms with Gasteiger partial charge in [-0.25, -0.2) is 4.39 Å². The number of aliphatic hydroxyl groups is 1. The molecule has 0 fully saturated rings. The van der Waals surface area contributed by atoms with Gasteiger partial charge in [-0.3, -0.25) is 0 Å². The van der Waals surface area contributed by atoms with E-state index in [-0.39, 0.29) is 11.2 Å². The molecule has 0 radical (unpaired) electrons. The van der Waals surface area contributed by atoms with Gasteiger partial charge in [0.25, 0.3) is 0 Å². The Hall–Kier alpha value is -0.890. The van der Waals surface area contributed by atoms with Crippen LogP contribution in [0, 0.1) is 11.2 Å². The number of benzene rings is 1. The molecule has 1 N–H and O–H groups in total. The zero-order valence-corrected chi connectivity index (χ0v) is 9.84. The molecule has 1 aromatic rings. The molecule has 1 rings (SSSR count). The van der Waals surface area contributed by atoms with Gasteiger partial charge in [0.1, 0.15) is 5.82 Å². The van der Waals surface area contributed by atoms with Crippen LogP contribution in [0.3, 0.4) is 0 Å². The molecule has 1 atom stereocenters. The van der Waals surface area contributed by atoms with E-state index in [0.717, 1.165) is 5.56 Å². The summed E-state index contributed by atoms with van der Waals surface area (Å²) in [5, 5.41) is 10.3. The normalized spacial score (nSPS) is 16.1. The van der Waals surface area contributed by atoms with Crippen LogP contribution in [-0.2, 0) is 6.42 Å². The van der Waals surface area contributed by atoms with Gasteiger partial charge in [-0.1, -0.05) is 32.9 Å². The molecule has 84 valence electrons. The molecule has 0 aliphatic heterocycles. The van der Waals surface area contributed by atoms with Crippen molar-refractivity contribution in [2.75, 3.05) is 0 Å². The van der Waals surface area contributed by atoms with Crippen LogP contribution in [0.2, 0.25) is 0 Å². The topological polar surface area (TPSA) is 20.2 Å². The van der Waals surface area contributed by atoms with Crippen molar-refractivity contribution in [2.24, 2.45) is 5.41 Å². The fourth-order valence-electron chi connectivity index (χ4n) is 1.26. The Kier molecular flexibility index (Phi) is 3.19. The molecule has 1 aromatic carbocycles. The lowest BCUT2D eigenvalue weighted by atomic mass is 9.74. The minimum Gasteiger partial charge on any atom is -0.389 e. The molecule has 2 heteroatoms. The Labute approximate surface area is 90.9 Å². The summed E-state index contributed by atoms with van der Waals surface area (Å²) < 4.78 is 12.7. The first-order valence-corrected chi connectivity index (χ1v) is 5.19. The molecule has 0 aromatic heterocycles. The van der Waals surface area contributed by atoms with E-state index in [4.69, 9.17) is 0 Å². The molecule has 0 saturated heterocycles. The lowest BCUT2D eigenvalue weighted by Crippen LogP contribution is -2.41. The predicted molar refractivity (Wildman–Crippen MR) is 60.2 cm³/mol. The first-order chi connectivity index (χ1) is 6.72. The molecule has 0 heterocycles. The summed E-state index contributed by atoms with van der Waals surface area (Å²) in [6.45, 7) is 7.81. The van der Waals surface area contributed by atoms with E-state index in [1.165, 1.54) is 12.1 Å². The highest BCUT2D eigenvalue weighted by Gasteiger charge is 2.35. The molecule has 0 saturated carbocycles. The van der Waals surface area contributed by atoms with Gasteiger partial charge in [-0.05, 0) is 30.0 Å². The highest BCUT2D eigenvalue weighted by Crippen LogP contribution is 2.32. The fourth-order valence-corrected chi connectivity index (χ4v) is 1.26. The SMILES string of the molecule is CC(C)(C)C(C)(O)Cc1ccc(F)cc1. The van der Waals surface area contributed by atoms with Crippen molar-refractivity contribution in [3.8, 4) is 0 Å². The molecule has 0 amide bonds. The number of hydrogen-bond donors (Lipinski definition) is 1. The van der Waals surface area contributed by atoms with E-state index in [9.17, 15) is 9.50 Å². The third kappa shape index (κ3) is 3.03. The average Bonchev–Trinajstić information content (AvgIpc) is 2.06. The van der Waals surface area contributed by atoms with Crippen LogP contribution < -0.4 is 0 Å². The van der Waals surface area contributed by atoms with Gasteiger partial charge in [0.05, 0.1) is 5.60 Å². The third-order valence-electron chi connectivity index (χ3n) is 3.08. The van der Waals surface area contributed by atoms with Crippen molar-refractivity contribution in [1.29, 1.82) is 0 Å².